The van der Waals surface area contributed by atoms with Crippen molar-refractivity contribution in [2.45, 2.75) is 26.0 Å². The number of carbonyl (C=O) groups is 1. The number of hydrogen-bond acceptors (Lipinski definition) is 4. The summed E-state index contributed by atoms with van der Waals surface area (Å²) in [7, 11) is 0. The fraction of sp³-hybridized carbons (Fsp3) is 0.438. The van der Waals surface area contributed by atoms with Crippen molar-refractivity contribution in [1.82, 2.24) is 25.0 Å². The van der Waals surface area contributed by atoms with Crippen molar-refractivity contribution in [1.29, 1.82) is 0 Å². The molecule has 1 aromatic heterocycles. The molecule has 1 unspecified atom stereocenters. The Morgan fingerprint density at radius 3 is 3.13 bits per heavy atom. The maximum Gasteiger partial charge on any atom is 0.317 e. The molecule has 1 fully saturated rings. The maximum absolute atomic E-state index is 12.4. The lowest BCUT2D eigenvalue weighted by Gasteiger charge is -2.22. The third-order valence-corrected chi connectivity index (χ3v) is 3.83. The van der Waals surface area contributed by atoms with Crippen LogP contribution in [-0.2, 0) is 11.3 Å². The van der Waals surface area contributed by atoms with Crippen molar-refractivity contribution in [2.75, 3.05) is 19.7 Å². The van der Waals surface area contributed by atoms with Gasteiger partial charge in [0.15, 0.2) is 0 Å². The van der Waals surface area contributed by atoms with E-state index in [0.717, 1.165) is 24.2 Å². The number of aromatic nitrogens is 3. The monoisotopic (exact) mass is 315 g/mol. The highest BCUT2D eigenvalue weighted by atomic mass is 16.5. The van der Waals surface area contributed by atoms with Gasteiger partial charge in [0, 0.05) is 26.2 Å². The molecule has 0 saturated carbocycles. The molecule has 1 atom stereocenters. The first kappa shape index (κ1) is 15.5. The van der Waals surface area contributed by atoms with Gasteiger partial charge in [0.2, 0.25) is 0 Å². The van der Waals surface area contributed by atoms with E-state index in [1.54, 1.807) is 11.0 Å². The van der Waals surface area contributed by atoms with Crippen molar-refractivity contribution in [2.24, 2.45) is 0 Å². The Bertz CT molecular complexity index is 644. The molecule has 1 aliphatic rings. The van der Waals surface area contributed by atoms with E-state index >= 15 is 0 Å². The first-order chi connectivity index (χ1) is 11.2. The number of para-hydroxylation sites is 1. The number of ether oxygens (including phenoxy) is 1. The summed E-state index contributed by atoms with van der Waals surface area (Å²) in [6.07, 6.45) is 4.08. The second-order valence-electron chi connectivity index (χ2n) is 5.61. The molecule has 7 nitrogen and oxygen atoms in total. The minimum absolute atomic E-state index is 0.0595. The predicted octanol–water partition coefficient (Wildman–Crippen LogP) is 1.59. The van der Waals surface area contributed by atoms with Crippen LogP contribution >= 0.6 is 0 Å². The smallest absolute Gasteiger partial charge is 0.317 e. The number of carbonyl (C=O) groups excluding carboxylic acids is 1. The fourth-order valence-corrected chi connectivity index (χ4v) is 2.68. The van der Waals surface area contributed by atoms with Crippen LogP contribution in [0.1, 0.15) is 18.9 Å². The van der Waals surface area contributed by atoms with Crippen molar-refractivity contribution in [3.05, 3.63) is 42.5 Å². The van der Waals surface area contributed by atoms with Gasteiger partial charge < -0.3 is 15.0 Å². The van der Waals surface area contributed by atoms with Crippen molar-refractivity contribution in [3.8, 4) is 5.69 Å². The topological polar surface area (TPSA) is 72.3 Å². The second-order valence-corrected chi connectivity index (χ2v) is 5.61. The van der Waals surface area contributed by atoms with Gasteiger partial charge in [0.25, 0.3) is 0 Å². The number of amides is 2. The van der Waals surface area contributed by atoms with Gasteiger partial charge in [-0.1, -0.05) is 18.2 Å². The highest BCUT2D eigenvalue weighted by Gasteiger charge is 2.19. The number of nitrogens with one attached hydrogen (secondary N) is 1. The number of urea groups is 1. The van der Waals surface area contributed by atoms with Crippen LogP contribution in [0.2, 0.25) is 0 Å². The summed E-state index contributed by atoms with van der Waals surface area (Å²) in [5, 5.41) is 7.14. The van der Waals surface area contributed by atoms with E-state index in [4.69, 9.17) is 4.74 Å². The Hall–Kier alpha value is -2.41. The zero-order valence-electron chi connectivity index (χ0n) is 13.2. The molecule has 2 amide bonds. The molecule has 0 aliphatic carbocycles. The van der Waals surface area contributed by atoms with E-state index in [1.807, 2.05) is 36.1 Å². The maximum atomic E-state index is 12.4. The summed E-state index contributed by atoms with van der Waals surface area (Å²) in [5.74, 6) is 0. The Labute approximate surface area is 135 Å². The number of nitrogens with zero attached hydrogens (tertiary/aromatic N) is 4. The van der Waals surface area contributed by atoms with Gasteiger partial charge in [0.1, 0.15) is 12.7 Å². The Kier molecular flexibility index (Phi) is 4.87. The minimum Gasteiger partial charge on any atom is -0.377 e. The molecule has 0 spiro atoms. The highest BCUT2D eigenvalue weighted by molar-refractivity contribution is 5.74. The summed E-state index contributed by atoms with van der Waals surface area (Å²) < 4.78 is 7.27. The molecule has 7 heteroatoms. The summed E-state index contributed by atoms with van der Waals surface area (Å²) in [5.41, 5.74) is 1.91. The first-order valence-electron chi connectivity index (χ1n) is 7.81. The number of hydrogen-bond donors (Lipinski definition) is 1. The molecule has 1 N–H and O–H groups in total. The molecular weight excluding hydrogens is 294 g/mol. The average Bonchev–Trinajstić information content (AvgIpc) is 3.01. The minimum atomic E-state index is -0.0595. The lowest BCUT2D eigenvalue weighted by Crippen LogP contribution is -2.42. The van der Waals surface area contributed by atoms with Crippen molar-refractivity contribution < 1.29 is 9.53 Å². The molecule has 1 aliphatic heterocycles. The van der Waals surface area contributed by atoms with Gasteiger partial charge in [-0.05, 0) is 25.0 Å². The van der Waals surface area contributed by atoms with Crippen LogP contribution in [0.4, 0.5) is 4.79 Å². The van der Waals surface area contributed by atoms with E-state index in [9.17, 15) is 4.79 Å². The summed E-state index contributed by atoms with van der Waals surface area (Å²) >= 11 is 0. The van der Waals surface area contributed by atoms with Crippen LogP contribution in [0.15, 0.2) is 36.9 Å². The zero-order valence-corrected chi connectivity index (χ0v) is 13.2. The third kappa shape index (κ3) is 3.87. The quantitative estimate of drug-likeness (QED) is 0.933. The Morgan fingerprint density at radius 1 is 1.43 bits per heavy atom. The SMILES string of the molecule is CC1CN(C(=O)NCc2ccccc2-n2cncn2)CCCO1. The van der Waals surface area contributed by atoms with Crippen LogP contribution in [-0.4, -0.2) is 51.5 Å². The fourth-order valence-electron chi connectivity index (χ4n) is 2.68. The lowest BCUT2D eigenvalue weighted by molar-refractivity contribution is 0.0710. The van der Waals surface area contributed by atoms with Crippen LogP contribution in [0.3, 0.4) is 0 Å². The highest BCUT2D eigenvalue weighted by Crippen LogP contribution is 2.13. The molecule has 2 heterocycles. The predicted molar refractivity (Wildman–Crippen MR) is 85.2 cm³/mol. The Balaban J connectivity index is 1.65. The third-order valence-electron chi connectivity index (χ3n) is 3.83. The van der Waals surface area contributed by atoms with Gasteiger partial charge in [-0.25, -0.2) is 14.5 Å². The Morgan fingerprint density at radius 2 is 2.30 bits per heavy atom. The van der Waals surface area contributed by atoms with Crippen LogP contribution in [0.25, 0.3) is 5.69 Å². The molecular formula is C16H21N5O2. The molecule has 2 aromatic rings. The molecule has 0 bridgehead atoms. The van der Waals surface area contributed by atoms with Crippen molar-refractivity contribution in [3.63, 3.8) is 0 Å². The molecule has 23 heavy (non-hydrogen) atoms. The molecule has 1 aromatic carbocycles. The molecule has 0 radical (unpaired) electrons. The van der Waals surface area contributed by atoms with Gasteiger partial charge in [0.05, 0.1) is 11.8 Å². The number of rotatable bonds is 3. The number of benzene rings is 1. The van der Waals surface area contributed by atoms with E-state index in [2.05, 4.69) is 15.4 Å². The average molecular weight is 315 g/mol. The second kappa shape index (κ2) is 7.23. The van der Waals surface area contributed by atoms with Gasteiger partial charge in [-0.15, -0.1) is 0 Å². The normalized spacial score (nSPS) is 18.5. The first-order valence-corrected chi connectivity index (χ1v) is 7.81. The van der Waals surface area contributed by atoms with Gasteiger partial charge in [-0.3, -0.25) is 0 Å². The zero-order chi connectivity index (χ0) is 16.1. The van der Waals surface area contributed by atoms with Gasteiger partial charge in [-0.2, -0.15) is 5.10 Å². The molecule has 1 saturated heterocycles. The van der Waals surface area contributed by atoms with E-state index in [1.165, 1.54) is 6.33 Å². The van der Waals surface area contributed by atoms with E-state index in [-0.39, 0.29) is 12.1 Å². The largest absolute Gasteiger partial charge is 0.377 e. The summed E-state index contributed by atoms with van der Waals surface area (Å²) in [6.45, 7) is 4.49. The molecule has 3 rings (SSSR count). The standard InChI is InChI=1S/C16H21N5O2/c1-13-10-20(7-4-8-23-13)16(22)18-9-14-5-2-3-6-15(14)21-12-17-11-19-21/h2-3,5-6,11-13H,4,7-10H2,1H3,(H,18,22). The van der Waals surface area contributed by atoms with E-state index in [0.29, 0.717) is 19.7 Å². The van der Waals surface area contributed by atoms with Crippen LogP contribution in [0, 0.1) is 0 Å². The summed E-state index contributed by atoms with van der Waals surface area (Å²) in [4.78, 5) is 18.2. The summed E-state index contributed by atoms with van der Waals surface area (Å²) in [6, 6.07) is 7.76. The van der Waals surface area contributed by atoms with Crippen LogP contribution < -0.4 is 5.32 Å². The molecule has 122 valence electrons. The van der Waals surface area contributed by atoms with E-state index < -0.39 is 0 Å². The lowest BCUT2D eigenvalue weighted by atomic mass is 10.2. The van der Waals surface area contributed by atoms with Gasteiger partial charge >= 0.3 is 6.03 Å². The van der Waals surface area contributed by atoms with Crippen molar-refractivity contribution >= 4 is 6.03 Å². The van der Waals surface area contributed by atoms with Crippen LogP contribution in [0.5, 0.6) is 0 Å².